The maximum atomic E-state index is 11.8. The second kappa shape index (κ2) is 5.67. The van der Waals surface area contributed by atoms with E-state index in [1.165, 1.54) is 0 Å². The first-order chi connectivity index (χ1) is 8.27. The van der Waals surface area contributed by atoms with E-state index in [2.05, 4.69) is 19.2 Å². The molecule has 2 aliphatic rings. The van der Waals surface area contributed by atoms with Crippen LogP contribution in [0.2, 0.25) is 0 Å². The molecule has 0 radical (unpaired) electrons. The molecule has 1 unspecified atom stereocenters. The van der Waals surface area contributed by atoms with Gasteiger partial charge in [-0.25, -0.2) is 0 Å². The van der Waals surface area contributed by atoms with Gasteiger partial charge in [-0.2, -0.15) is 0 Å². The van der Waals surface area contributed by atoms with E-state index in [9.17, 15) is 4.79 Å². The lowest BCUT2D eigenvalue weighted by molar-refractivity contribution is -0.193. The molecule has 6 nitrogen and oxygen atoms in total. The number of carbonyl (C=O) groups is 2. The number of morpholine rings is 1. The van der Waals surface area contributed by atoms with E-state index in [0.717, 1.165) is 26.6 Å². The van der Waals surface area contributed by atoms with Crippen LogP contribution in [0.5, 0.6) is 0 Å². The van der Waals surface area contributed by atoms with Crippen molar-refractivity contribution in [3.63, 3.8) is 0 Å². The molecule has 0 aromatic heterocycles. The fraction of sp³-hybridized carbons (Fsp3) is 0.833. The minimum Gasteiger partial charge on any atom is -0.481 e. The number of carboxylic acid groups (broad SMARTS) is 1. The molecule has 104 valence electrons. The van der Waals surface area contributed by atoms with Crippen molar-refractivity contribution in [3.05, 3.63) is 0 Å². The number of hydrogen-bond acceptors (Lipinski definition) is 4. The number of aliphatic carboxylic acids is 1. The predicted molar refractivity (Wildman–Crippen MR) is 66.3 cm³/mol. The standard InChI is InChI=1S/C10H18N2O2.C2H4O2/c1-7(2)12-6-10(4-11-5-10)14-8(3)9(12)13;1-2(3)4/h7-8,11H,4-6H2,1-3H3;1H3,(H,3,4). The summed E-state index contributed by atoms with van der Waals surface area (Å²) >= 11 is 0. The lowest BCUT2D eigenvalue weighted by Crippen LogP contribution is -2.72. The Bertz CT molecular complexity index is 322. The molecule has 0 aromatic carbocycles. The van der Waals surface area contributed by atoms with Crippen LogP contribution in [-0.4, -0.2) is 59.3 Å². The second-order valence-corrected chi connectivity index (χ2v) is 5.13. The van der Waals surface area contributed by atoms with Crippen LogP contribution in [0.15, 0.2) is 0 Å². The largest absolute Gasteiger partial charge is 0.481 e. The highest BCUT2D eigenvalue weighted by molar-refractivity contribution is 5.81. The molecular weight excluding hydrogens is 236 g/mol. The molecule has 0 aromatic rings. The van der Waals surface area contributed by atoms with Gasteiger partial charge in [0.2, 0.25) is 0 Å². The highest BCUT2D eigenvalue weighted by Crippen LogP contribution is 2.27. The van der Waals surface area contributed by atoms with Gasteiger partial charge in [0, 0.05) is 26.1 Å². The Balaban J connectivity index is 0.000000357. The third kappa shape index (κ3) is 3.43. The minimum atomic E-state index is -0.833. The molecule has 6 heteroatoms. The summed E-state index contributed by atoms with van der Waals surface area (Å²) in [5.41, 5.74) is -0.0996. The number of ether oxygens (including phenoxy) is 1. The van der Waals surface area contributed by atoms with Crippen molar-refractivity contribution in [1.82, 2.24) is 10.2 Å². The molecule has 2 saturated heterocycles. The first kappa shape index (κ1) is 14.9. The number of hydrogen-bond donors (Lipinski definition) is 2. The third-order valence-corrected chi connectivity index (χ3v) is 3.03. The van der Waals surface area contributed by atoms with Crippen LogP contribution < -0.4 is 5.32 Å². The summed E-state index contributed by atoms with van der Waals surface area (Å²) < 4.78 is 5.75. The Morgan fingerprint density at radius 2 is 2.06 bits per heavy atom. The first-order valence-electron chi connectivity index (χ1n) is 6.16. The molecule has 2 rings (SSSR count). The van der Waals surface area contributed by atoms with Crippen molar-refractivity contribution >= 4 is 11.9 Å². The van der Waals surface area contributed by atoms with Gasteiger partial charge in [0.05, 0.1) is 6.54 Å². The fourth-order valence-electron chi connectivity index (χ4n) is 2.12. The van der Waals surface area contributed by atoms with Gasteiger partial charge >= 0.3 is 0 Å². The number of carboxylic acids is 1. The zero-order valence-electron chi connectivity index (χ0n) is 11.4. The summed E-state index contributed by atoms with van der Waals surface area (Å²) in [6.45, 7) is 9.50. The number of rotatable bonds is 1. The fourth-order valence-corrected chi connectivity index (χ4v) is 2.12. The van der Waals surface area contributed by atoms with E-state index in [-0.39, 0.29) is 23.7 Å². The zero-order chi connectivity index (χ0) is 13.9. The van der Waals surface area contributed by atoms with E-state index < -0.39 is 5.97 Å². The van der Waals surface area contributed by atoms with Gasteiger partial charge in [-0.15, -0.1) is 0 Å². The summed E-state index contributed by atoms with van der Waals surface area (Å²) in [4.78, 5) is 22.7. The topological polar surface area (TPSA) is 78.9 Å². The summed E-state index contributed by atoms with van der Waals surface area (Å²) in [6.07, 6.45) is -0.284. The Kier molecular flexibility index (Phi) is 4.70. The zero-order valence-corrected chi connectivity index (χ0v) is 11.4. The first-order valence-corrected chi connectivity index (χ1v) is 6.16. The van der Waals surface area contributed by atoms with Gasteiger partial charge in [0.15, 0.2) is 0 Å². The number of amides is 1. The van der Waals surface area contributed by atoms with Gasteiger partial charge in [0.25, 0.3) is 11.9 Å². The molecule has 2 fully saturated rings. The average molecular weight is 258 g/mol. The molecule has 18 heavy (non-hydrogen) atoms. The smallest absolute Gasteiger partial charge is 0.300 e. The van der Waals surface area contributed by atoms with Gasteiger partial charge < -0.3 is 20.1 Å². The van der Waals surface area contributed by atoms with E-state index in [4.69, 9.17) is 14.6 Å². The van der Waals surface area contributed by atoms with Crippen LogP contribution in [0.25, 0.3) is 0 Å². The molecule has 0 aliphatic carbocycles. The summed E-state index contributed by atoms with van der Waals surface area (Å²) in [7, 11) is 0. The molecule has 2 N–H and O–H groups in total. The van der Waals surface area contributed by atoms with Crippen LogP contribution in [0.3, 0.4) is 0 Å². The highest BCUT2D eigenvalue weighted by atomic mass is 16.5. The molecule has 1 spiro atoms. The molecule has 2 aliphatic heterocycles. The van der Waals surface area contributed by atoms with Crippen molar-refractivity contribution in [3.8, 4) is 0 Å². The van der Waals surface area contributed by atoms with E-state index in [1.807, 2.05) is 11.8 Å². The normalized spacial score (nSPS) is 25.5. The second-order valence-electron chi connectivity index (χ2n) is 5.13. The monoisotopic (exact) mass is 258 g/mol. The lowest BCUT2D eigenvalue weighted by Gasteiger charge is -2.51. The summed E-state index contributed by atoms with van der Waals surface area (Å²) in [5.74, 6) is -0.711. The van der Waals surface area contributed by atoms with Gasteiger partial charge in [-0.3, -0.25) is 9.59 Å². The molecule has 1 amide bonds. The van der Waals surface area contributed by atoms with Crippen LogP contribution >= 0.6 is 0 Å². The van der Waals surface area contributed by atoms with Crippen LogP contribution in [0.4, 0.5) is 0 Å². The van der Waals surface area contributed by atoms with E-state index >= 15 is 0 Å². The Morgan fingerprint density at radius 1 is 1.56 bits per heavy atom. The maximum absolute atomic E-state index is 11.8. The molecule has 0 saturated carbocycles. The number of nitrogens with zero attached hydrogens (tertiary/aromatic N) is 1. The Hall–Kier alpha value is -1.14. The predicted octanol–water partition coefficient (Wildman–Crippen LogP) is 0.0750. The molecular formula is C12H22N2O4. The SMILES string of the molecule is CC(=O)O.CC1OC2(CNC2)CN(C(C)C)C1=O. The number of nitrogens with one attached hydrogen (secondary N) is 1. The van der Waals surface area contributed by atoms with Crippen LogP contribution in [0, 0.1) is 0 Å². The van der Waals surface area contributed by atoms with E-state index in [1.54, 1.807) is 0 Å². The lowest BCUT2D eigenvalue weighted by atomic mass is 9.92. The van der Waals surface area contributed by atoms with Crippen molar-refractivity contribution < 1.29 is 19.4 Å². The maximum Gasteiger partial charge on any atom is 0.300 e. The van der Waals surface area contributed by atoms with Crippen molar-refractivity contribution in [2.75, 3.05) is 19.6 Å². The average Bonchev–Trinajstić information content (AvgIpc) is 2.18. The summed E-state index contributed by atoms with van der Waals surface area (Å²) in [5, 5.41) is 10.6. The Labute approximate surface area is 107 Å². The van der Waals surface area contributed by atoms with E-state index in [0.29, 0.717) is 0 Å². The molecule has 0 bridgehead atoms. The van der Waals surface area contributed by atoms with Gasteiger partial charge in [-0.1, -0.05) is 0 Å². The number of carbonyl (C=O) groups excluding carboxylic acids is 1. The van der Waals surface area contributed by atoms with Crippen LogP contribution in [0.1, 0.15) is 27.7 Å². The van der Waals surface area contributed by atoms with Crippen molar-refractivity contribution in [2.45, 2.75) is 45.4 Å². The van der Waals surface area contributed by atoms with Gasteiger partial charge in [0.1, 0.15) is 11.7 Å². The molecule has 2 heterocycles. The Morgan fingerprint density at radius 3 is 2.39 bits per heavy atom. The quantitative estimate of drug-likeness (QED) is 0.696. The third-order valence-electron chi connectivity index (χ3n) is 3.03. The van der Waals surface area contributed by atoms with Crippen LogP contribution in [-0.2, 0) is 14.3 Å². The minimum absolute atomic E-state index is 0.0996. The van der Waals surface area contributed by atoms with Gasteiger partial charge in [-0.05, 0) is 20.8 Å². The van der Waals surface area contributed by atoms with Crippen molar-refractivity contribution in [2.24, 2.45) is 0 Å². The summed E-state index contributed by atoms with van der Waals surface area (Å²) in [6, 6.07) is 0.270. The molecule has 1 atom stereocenters. The van der Waals surface area contributed by atoms with Crippen molar-refractivity contribution in [1.29, 1.82) is 0 Å². The highest BCUT2D eigenvalue weighted by Gasteiger charge is 2.47.